The zero-order chi connectivity index (χ0) is 48.1. The molecule has 4 aromatic rings. The second kappa shape index (κ2) is 36.8. The van der Waals surface area contributed by atoms with Crippen LogP contribution in [0.3, 0.4) is 0 Å². The van der Waals surface area contributed by atoms with Crippen molar-refractivity contribution in [3.8, 4) is 0 Å². The Labute approximate surface area is 452 Å². The third-order valence-corrected chi connectivity index (χ3v) is 19.0. The van der Waals surface area contributed by atoms with Gasteiger partial charge in [0, 0.05) is 85.2 Å². The Kier molecular flexibility index (Phi) is 37.3. The van der Waals surface area contributed by atoms with Crippen molar-refractivity contribution in [2.45, 2.75) is 130 Å². The molecule has 10 heteroatoms. The van der Waals surface area contributed by atoms with E-state index < -0.39 is 32.3 Å². The van der Waals surface area contributed by atoms with Gasteiger partial charge in [0.2, 0.25) is 0 Å². The van der Waals surface area contributed by atoms with Gasteiger partial charge in [0.15, 0.2) is 0 Å². The molecule has 4 heterocycles. The molecule has 4 aliphatic rings. The summed E-state index contributed by atoms with van der Waals surface area (Å²) in [6.45, 7) is 52.2. The third kappa shape index (κ3) is 31.9. The van der Waals surface area contributed by atoms with E-state index in [1.165, 1.54) is 94.4 Å². The van der Waals surface area contributed by atoms with Gasteiger partial charge in [-0.05, 0) is 51.4 Å². The molecule has 0 saturated carbocycles. The molecular formula is C56H92LaLiO4Si4. The largest absolute Gasteiger partial charge is 3.00 e. The maximum Gasteiger partial charge on any atom is 3.00 e. The molecule has 0 radical (unpaired) electrons. The summed E-state index contributed by atoms with van der Waals surface area (Å²) in [5.41, 5.74) is 4.80. The summed E-state index contributed by atoms with van der Waals surface area (Å²) in [4.78, 5) is 0. The van der Waals surface area contributed by atoms with E-state index in [0.717, 1.165) is 52.9 Å². The first-order chi connectivity index (χ1) is 30.1. The van der Waals surface area contributed by atoms with E-state index in [2.05, 4.69) is 179 Å². The molecule has 4 nitrogen and oxygen atoms in total. The van der Waals surface area contributed by atoms with Crippen LogP contribution in [-0.2, 0) is 18.9 Å². The van der Waals surface area contributed by atoms with Crippen LogP contribution in [-0.4, -0.2) is 85.2 Å². The van der Waals surface area contributed by atoms with E-state index in [-0.39, 0.29) is 54.5 Å². The summed E-state index contributed by atoms with van der Waals surface area (Å²) in [5.74, 6) is 0. The van der Waals surface area contributed by atoms with Gasteiger partial charge >= 0.3 is 54.5 Å². The monoisotopic (exact) mass is 1090 g/mol. The fraction of sp³-hybridized carbons (Fsp3) is 0.500. The predicted molar refractivity (Wildman–Crippen MR) is 296 cm³/mol. The van der Waals surface area contributed by atoms with Gasteiger partial charge < -0.3 is 18.9 Å². The molecule has 0 spiro atoms. The van der Waals surface area contributed by atoms with Crippen molar-refractivity contribution >= 4 is 53.0 Å². The van der Waals surface area contributed by atoms with E-state index in [1.54, 1.807) is 0 Å². The van der Waals surface area contributed by atoms with E-state index in [1.807, 2.05) is 24.3 Å². The van der Waals surface area contributed by atoms with Crippen molar-refractivity contribution in [2.24, 2.45) is 0 Å². The van der Waals surface area contributed by atoms with Gasteiger partial charge in [-0.25, -0.2) is 0 Å². The van der Waals surface area contributed by atoms with Crippen LogP contribution in [0.2, 0.25) is 78.6 Å². The molecule has 0 unspecified atom stereocenters. The molecule has 360 valence electrons. The van der Waals surface area contributed by atoms with Crippen LogP contribution in [0.1, 0.15) is 73.6 Å². The van der Waals surface area contributed by atoms with Crippen LogP contribution in [0.5, 0.6) is 0 Å². The number of benzene rings is 4. The minimum absolute atomic E-state index is 0. The van der Waals surface area contributed by atoms with Gasteiger partial charge in [-0.2, -0.15) is 95.0 Å². The summed E-state index contributed by atoms with van der Waals surface area (Å²) in [5, 5.41) is 5.89. The number of ether oxygens (including phenoxy) is 4. The Morgan fingerprint density at radius 1 is 0.288 bits per heavy atom. The normalized spacial score (nSPS) is 15.0. The van der Waals surface area contributed by atoms with Crippen molar-refractivity contribution in [3.05, 3.63) is 147 Å². The van der Waals surface area contributed by atoms with Gasteiger partial charge in [-0.3, -0.25) is 0 Å². The van der Waals surface area contributed by atoms with Crippen LogP contribution < -0.4 is 39.6 Å². The van der Waals surface area contributed by atoms with E-state index >= 15 is 0 Å². The molecule has 0 bridgehead atoms. The zero-order valence-corrected chi connectivity index (χ0v) is 52.2. The number of hydrogen-bond acceptors (Lipinski definition) is 4. The summed E-state index contributed by atoms with van der Waals surface area (Å²) < 4.78 is 19.8. The standard InChI is InChI=1S/4C10H15Si.4C4H8O.La.Li/c4*1-9-7-5-6-8-10(9)11(2,3)4;4*1-2-4-5-3-1;;/h4*5-8H,1H2,2-4H3;4*1-4H2;;/q4*-1;;;;;+3;+1. The van der Waals surface area contributed by atoms with Crippen LogP contribution in [0, 0.1) is 63.3 Å². The second-order valence-corrected chi connectivity index (χ2v) is 41.1. The minimum atomic E-state index is -1.14. The Bertz CT molecular complexity index is 1490. The molecule has 66 heavy (non-hydrogen) atoms. The average molecular weight is 1090 g/mol. The summed E-state index contributed by atoms with van der Waals surface area (Å²) >= 11 is 0. The van der Waals surface area contributed by atoms with Crippen LogP contribution in [0.4, 0.5) is 0 Å². The molecule has 0 aromatic heterocycles. The molecular weight excluding hydrogens is 995 g/mol. The molecule has 4 aromatic carbocycles. The average Bonchev–Trinajstić information content (AvgIpc) is 4.09. The Morgan fingerprint density at radius 3 is 0.500 bits per heavy atom. The van der Waals surface area contributed by atoms with Gasteiger partial charge in [0.25, 0.3) is 0 Å². The number of hydrogen-bond donors (Lipinski definition) is 0. The maximum absolute atomic E-state index is 4.94. The van der Waals surface area contributed by atoms with E-state index in [9.17, 15) is 0 Å². The van der Waals surface area contributed by atoms with E-state index in [4.69, 9.17) is 18.9 Å². The SMILES string of the molecule is C1CCOC1.C1CCOC1.C1CCOC1.C1CCOC1.[CH2-]c1ccccc1[Si](C)(C)C.[CH2-]c1ccccc1[Si](C)(C)C.[CH2-]c1ccccc1[Si](C)(C)C.[CH2-]c1ccccc1[Si](C)(C)C.[La+3].[Li+]. The molecule has 0 N–H and O–H groups in total. The first-order valence-electron chi connectivity index (χ1n) is 24.0. The molecule has 0 aliphatic carbocycles. The molecule has 0 atom stereocenters. The maximum atomic E-state index is 4.94. The van der Waals surface area contributed by atoms with Crippen LogP contribution in [0.15, 0.2) is 97.1 Å². The predicted octanol–water partition coefficient (Wildman–Crippen LogP) is 9.85. The van der Waals surface area contributed by atoms with Crippen molar-refractivity contribution < 1.29 is 73.4 Å². The first-order valence-corrected chi connectivity index (χ1v) is 38.0. The smallest absolute Gasteiger partial charge is 0.381 e. The number of rotatable bonds is 4. The topological polar surface area (TPSA) is 36.9 Å². The van der Waals surface area contributed by atoms with E-state index in [0.29, 0.717) is 0 Å². The molecule has 8 rings (SSSR count). The summed E-state index contributed by atoms with van der Waals surface area (Å²) in [7, 11) is -4.56. The van der Waals surface area contributed by atoms with Crippen molar-refractivity contribution in [1.29, 1.82) is 0 Å². The van der Waals surface area contributed by atoms with Crippen molar-refractivity contribution in [1.82, 2.24) is 0 Å². The van der Waals surface area contributed by atoms with Gasteiger partial charge in [0.1, 0.15) is 0 Å². The molecule has 0 amide bonds. The minimum Gasteiger partial charge on any atom is -0.381 e. The van der Waals surface area contributed by atoms with Crippen LogP contribution in [0.25, 0.3) is 0 Å². The van der Waals surface area contributed by atoms with Crippen molar-refractivity contribution in [2.75, 3.05) is 52.9 Å². The summed E-state index contributed by atoms with van der Waals surface area (Å²) in [6.07, 6.45) is 10.2. The van der Waals surface area contributed by atoms with Gasteiger partial charge in [-0.1, -0.05) is 103 Å². The third-order valence-electron chi connectivity index (χ3n) is 10.6. The van der Waals surface area contributed by atoms with Crippen LogP contribution >= 0.6 is 0 Å². The quantitative estimate of drug-likeness (QED) is 0.151. The zero-order valence-electron chi connectivity index (χ0n) is 44.6. The Hall–Kier alpha value is -1.14. The van der Waals surface area contributed by atoms with Gasteiger partial charge in [-0.15, -0.1) is 48.5 Å². The Balaban J connectivity index is 0. The molecule has 4 saturated heterocycles. The fourth-order valence-corrected chi connectivity index (χ4v) is 13.6. The second-order valence-electron chi connectivity index (χ2n) is 20.9. The summed E-state index contributed by atoms with van der Waals surface area (Å²) in [6, 6.07) is 33.8. The Morgan fingerprint density at radius 2 is 0.424 bits per heavy atom. The van der Waals surface area contributed by atoms with Gasteiger partial charge in [0.05, 0.1) is 0 Å². The van der Waals surface area contributed by atoms with Crippen molar-refractivity contribution in [3.63, 3.8) is 0 Å². The first kappa shape index (κ1) is 66.9. The molecule has 4 fully saturated rings. The molecule has 4 aliphatic heterocycles. The fourth-order valence-electron chi connectivity index (χ4n) is 7.05.